The van der Waals surface area contributed by atoms with Crippen LogP contribution in [0.2, 0.25) is 0 Å². The number of hydrogen-bond donors (Lipinski definition) is 0. The molecule has 0 fully saturated rings. The fourth-order valence-corrected chi connectivity index (χ4v) is 4.83. The molecule has 2 heterocycles. The smallest absolute Gasteiger partial charge is 0.416 e. The van der Waals surface area contributed by atoms with Crippen molar-refractivity contribution < 1.29 is 27.4 Å². The zero-order valence-corrected chi connectivity index (χ0v) is 20.0. The van der Waals surface area contributed by atoms with Gasteiger partial charge in [0.05, 0.1) is 12.1 Å². The lowest BCUT2D eigenvalue weighted by molar-refractivity contribution is -0.137. The number of alkyl halides is 3. The lowest BCUT2D eigenvalue weighted by Crippen LogP contribution is -2.30. The van der Waals surface area contributed by atoms with Gasteiger partial charge in [0.15, 0.2) is 16.7 Å². The molecule has 3 aromatic rings. The summed E-state index contributed by atoms with van der Waals surface area (Å²) in [6, 6.07) is 18.3. The van der Waals surface area contributed by atoms with Gasteiger partial charge >= 0.3 is 6.18 Å². The van der Waals surface area contributed by atoms with E-state index < -0.39 is 11.7 Å². The van der Waals surface area contributed by atoms with Crippen LogP contribution in [-0.2, 0) is 23.3 Å². The van der Waals surface area contributed by atoms with Crippen molar-refractivity contribution in [3.63, 3.8) is 0 Å². The zero-order valence-electron chi connectivity index (χ0n) is 19.2. The fourth-order valence-electron chi connectivity index (χ4n) is 3.88. The van der Waals surface area contributed by atoms with Crippen LogP contribution in [0.3, 0.4) is 0 Å². The van der Waals surface area contributed by atoms with Crippen LogP contribution in [0.4, 0.5) is 13.2 Å². The molecule has 0 unspecified atom stereocenters. The first-order chi connectivity index (χ1) is 17.3. The van der Waals surface area contributed by atoms with Crippen LogP contribution in [0, 0.1) is 6.92 Å². The second kappa shape index (κ2) is 9.73. The first kappa shape index (κ1) is 24.0. The van der Waals surface area contributed by atoms with Crippen LogP contribution in [0.5, 0.6) is 11.5 Å². The number of fused-ring (bicyclic) bond motifs is 1. The number of carbonyl (C=O) groups excluding carboxylic acids is 1. The lowest BCUT2D eigenvalue weighted by atomic mass is 10.1. The number of nitrogens with zero attached hydrogens (tertiary/aromatic N) is 2. The molecule has 0 aliphatic carbocycles. The van der Waals surface area contributed by atoms with Crippen LogP contribution in [0.15, 0.2) is 77.4 Å². The minimum Gasteiger partial charge on any atom is -0.454 e. The van der Waals surface area contributed by atoms with Gasteiger partial charge in [-0.1, -0.05) is 60.3 Å². The van der Waals surface area contributed by atoms with Gasteiger partial charge in [-0.05, 0) is 53.5 Å². The number of benzene rings is 3. The quantitative estimate of drug-likeness (QED) is 0.372. The predicted molar refractivity (Wildman–Crippen MR) is 132 cm³/mol. The van der Waals surface area contributed by atoms with Gasteiger partial charge in [0.1, 0.15) is 5.70 Å². The second-order valence-corrected chi connectivity index (χ2v) is 9.28. The predicted octanol–water partition coefficient (Wildman–Crippen LogP) is 6.42. The molecule has 0 atom stereocenters. The van der Waals surface area contributed by atoms with E-state index in [4.69, 9.17) is 9.47 Å². The van der Waals surface area contributed by atoms with E-state index in [2.05, 4.69) is 4.99 Å². The van der Waals surface area contributed by atoms with Gasteiger partial charge in [-0.15, -0.1) is 0 Å². The molecule has 2 aliphatic heterocycles. The summed E-state index contributed by atoms with van der Waals surface area (Å²) in [6.07, 6.45) is -2.74. The van der Waals surface area contributed by atoms with Crippen molar-refractivity contribution in [1.82, 2.24) is 4.90 Å². The van der Waals surface area contributed by atoms with E-state index in [1.54, 1.807) is 29.2 Å². The van der Waals surface area contributed by atoms with Gasteiger partial charge in [0, 0.05) is 5.75 Å². The number of aryl methyl sites for hydroxylation is 1. The minimum atomic E-state index is -4.42. The van der Waals surface area contributed by atoms with Gasteiger partial charge in [0.25, 0.3) is 5.91 Å². The third-order valence-corrected chi connectivity index (χ3v) is 6.87. The second-order valence-electron chi connectivity index (χ2n) is 8.34. The average molecular weight is 511 g/mol. The number of thioether (sulfide) groups is 1. The highest BCUT2D eigenvalue weighted by atomic mass is 32.2. The van der Waals surface area contributed by atoms with Gasteiger partial charge in [-0.3, -0.25) is 9.69 Å². The summed E-state index contributed by atoms with van der Waals surface area (Å²) in [5.74, 6) is 1.19. The van der Waals surface area contributed by atoms with Crippen molar-refractivity contribution in [2.24, 2.45) is 4.99 Å². The Labute approximate surface area is 210 Å². The summed E-state index contributed by atoms with van der Waals surface area (Å²) in [5.41, 5.74) is 2.75. The summed E-state index contributed by atoms with van der Waals surface area (Å²) < 4.78 is 50.2. The normalized spacial score (nSPS) is 16.1. The summed E-state index contributed by atoms with van der Waals surface area (Å²) in [4.78, 5) is 19.5. The maximum Gasteiger partial charge on any atom is 0.416 e. The van der Waals surface area contributed by atoms with E-state index in [0.29, 0.717) is 28.8 Å². The number of amides is 1. The van der Waals surface area contributed by atoms with Gasteiger partial charge in [-0.25, -0.2) is 4.99 Å². The first-order valence-corrected chi connectivity index (χ1v) is 12.1. The number of aliphatic imine (C=N–C) groups is 1. The monoisotopic (exact) mass is 510 g/mol. The molecule has 0 bridgehead atoms. The third-order valence-electron chi connectivity index (χ3n) is 5.82. The zero-order chi connectivity index (χ0) is 25.3. The molecular weight excluding hydrogens is 489 g/mol. The van der Waals surface area contributed by atoms with E-state index in [1.807, 2.05) is 37.3 Å². The Morgan fingerprint density at radius 2 is 1.83 bits per heavy atom. The van der Waals surface area contributed by atoms with E-state index in [1.165, 1.54) is 17.8 Å². The number of amidine groups is 1. The summed E-state index contributed by atoms with van der Waals surface area (Å²) in [5, 5.41) is 0.438. The summed E-state index contributed by atoms with van der Waals surface area (Å²) in [7, 11) is 0. The van der Waals surface area contributed by atoms with Crippen LogP contribution in [0.1, 0.15) is 27.8 Å². The molecule has 0 saturated heterocycles. The summed E-state index contributed by atoms with van der Waals surface area (Å²) >= 11 is 1.23. The van der Waals surface area contributed by atoms with E-state index in [9.17, 15) is 18.0 Å². The Bertz CT molecular complexity index is 1380. The molecule has 0 aromatic heterocycles. The van der Waals surface area contributed by atoms with Crippen molar-refractivity contribution in [1.29, 1.82) is 0 Å². The number of rotatable bonds is 5. The molecule has 0 N–H and O–H groups in total. The number of hydrogen-bond acceptors (Lipinski definition) is 5. The molecule has 9 heteroatoms. The molecule has 0 spiro atoms. The Balaban J connectivity index is 1.43. The Hall–Kier alpha value is -3.72. The average Bonchev–Trinajstić information content (AvgIpc) is 3.43. The molecule has 1 amide bonds. The number of halogens is 3. The number of ether oxygens (including phenoxy) is 2. The molecule has 0 radical (unpaired) electrons. The highest BCUT2D eigenvalue weighted by molar-refractivity contribution is 8.13. The topological polar surface area (TPSA) is 51.1 Å². The highest BCUT2D eigenvalue weighted by Gasteiger charge is 2.32. The molecule has 3 aromatic carbocycles. The Morgan fingerprint density at radius 1 is 1.03 bits per heavy atom. The Morgan fingerprint density at radius 3 is 2.64 bits per heavy atom. The van der Waals surface area contributed by atoms with Gasteiger partial charge in [-0.2, -0.15) is 13.2 Å². The van der Waals surface area contributed by atoms with Crippen LogP contribution in [-0.4, -0.2) is 22.8 Å². The highest BCUT2D eigenvalue weighted by Crippen LogP contribution is 2.35. The molecule has 5 nitrogen and oxygen atoms in total. The third kappa shape index (κ3) is 5.11. The van der Waals surface area contributed by atoms with E-state index in [0.717, 1.165) is 28.8 Å². The maximum absolute atomic E-state index is 13.4. The summed E-state index contributed by atoms with van der Waals surface area (Å²) in [6.45, 7) is 2.41. The molecule has 0 saturated carbocycles. The van der Waals surface area contributed by atoms with Gasteiger partial charge < -0.3 is 9.47 Å². The first-order valence-electron chi connectivity index (χ1n) is 11.1. The van der Waals surface area contributed by atoms with E-state index in [-0.39, 0.29) is 24.2 Å². The lowest BCUT2D eigenvalue weighted by Gasteiger charge is -2.19. The molecular formula is C27H21F3N2O3S. The van der Waals surface area contributed by atoms with Crippen molar-refractivity contribution >= 4 is 28.9 Å². The van der Waals surface area contributed by atoms with E-state index >= 15 is 0 Å². The molecule has 5 rings (SSSR count). The van der Waals surface area contributed by atoms with Crippen LogP contribution >= 0.6 is 11.8 Å². The van der Waals surface area contributed by atoms with Crippen molar-refractivity contribution in [2.45, 2.75) is 25.4 Å². The SMILES string of the molecule is Cc1ccccc1CN1C(=O)C(=Cc2ccc3c(c2)OCO3)N=C1SCc1cccc(C(F)(F)F)c1. The van der Waals surface area contributed by atoms with Crippen LogP contribution < -0.4 is 9.47 Å². The standard InChI is InChI=1S/C27H21F3N2O3S/c1-17-5-2-3-7-20(17)14-32-25(33)22(12-18-9-10-23-24(13-18)35-16-34-23)31-26(32)36-15-19-6-4-8-21(11-19)27(28,29)30/h2-13H,14-16H2,1H3. The molecule has 2 aliphatic rings. The Kier molecular flexibility index (Phi) is 6.49. The number of carbonyl (C=O) groups is 1. The minimum absolute atomic E-state index is 0.146. The van der Waals surface area contributed by atoms with Gasteiger partial charge in [0.2, 0.25) is 6.79 Å². The van der Waals surface area contributed by atoms with Crippen LogP contribution in [0.25, 0.3) is 6.08 Å². The molecule has 184 valence electrons. The molecule has 36 heavy (non-hydrogen) atoms. The van der Waals surface area contributed by atoms with Crippen molar-refractivity contribution in [3.8, 4) is 11.5 Å². The van der Waals surface area contributed by atoms with Crippen molar-refractivity contribution in [3.05, 3.63) is 100 Å². The van der Waals surface area contributed by atoms with Crippen molar-refractivity contribution in [2.75, 3.05) is 6.79 Å². The fraction of sp³-hybridized carbons (Fsp3) is 0.185. The largest absolute Gasteiger partial charge is 0.454 e. The maximum atomic E-state index is 13.4.